The number of nitrogens with one attached hydrogen (secondary N) is 2. The quantitative estimate of drug-likeness (QED) is 0.452. The summed E-state index contributed by atoms with van der Waals surface area (Å²) in [6.07, 6.45) is 2.59. The van der Waals surface area contributed by atoms with Crippen LogP contribution in [0.5, 0.6) is 0 Å². The van der Waals surface area contributed by atoms with E-state index in [4.69, 9.17) is 0 Å². The van der Waals surface area contributed by atoms with Crippen molar-refractivity contribution in [1.82, 2.24) is 15.5 Å². The molecule has 0 aromatic heterocycles. The van der Waals surface area contributed by atoms with Crippen molar-refractivity contribution in [1.29, 1.82) is 0 Å². The maximum Gasteiger partial charge on any atom is 0.191 e. The molecule has 1 aliphatic heterocycles. The van der Waals surface area contributed by atoms with Crippen molar-refractivity contribution in [3.63, 3.8) is 0 Å². The number of hydrogen-bond acceptors (Lipinski definition) is 2. The van der Waals surface area contributed by atoms with Gasteiger partial charge >= 0.3 is 0 Å². The molecule has 1 aromatic carbocycles. The van der Waals surface area contributed by atoms with Gasteiger partial charge in [0.15, 0.2) is 5.96 Å². The van der Waals surface area contributed by atoms with Crippen molar-refractivity contribution in [2.45, 2.75) is 32.4 Å². The third kappa shape index (κ3) is 6.22. The Balaban J connectivity index is 0.00000220. The van der Waals surface area contributed by atoms with Gasteiger partial charge in [-0.2, -0.15) is 0 Å². The molecule has 1 aliphatic rings. The highest BCUT2D eigenvalue weighted by atomic mass is 127. The standard InChI is InChI=1S/C16H26N4.HI/c1-3-17-16(18-12-14-8-5-4-6-9-14)19-13-15-10-7-11-20(15)2;/h4-6,8-9,15H,3,7,10-13H2,1-2H3,(H2,17,18,19);1H. The average Bonchev–Trinajstić information content (AvgIpc) is 2.88. The molecule has 5 heteroatoms. The van der Waals surface area contributed by atoms with Crippen molar-refractivity contribution in [3.8, 4) is 0 Å². The van der Waals surface area contributed by atoms with Gasteiger partial charge in [-0.1, -0.05) is 30.3 Å². The van der Waals surface area contributed by atoms with Crippen LogP contribution in [0.3, 0.4) is 0 Å². The van der Waals surface area contributed by atoms with Gasteiger partial charge in [0.05, 0.1) is 6.54 Å². The topological polar surface area (TPSA) is 39.7 Å². The number of guanidine groups is 1. The Bertz CT molecular complexity index is 422. The second kappa shape index (κ2) is 10.00. The van der Waals surface area contributed by atoms with Crippen molar-refractivity contribution < 1.29 is 0 Å². The number of benzene rings is 1. The largest absolute Gasteiger partial charge is 0.357 e. The van der Waals surface area contributed by atoms with Crippen LogP contribution in [0.1, 0.15) is 25.3 Å². The molecule has 0 bridgehead atoms. The lowest BCUT2D eigenvalue weighted by Gasteiger charge is -2.21. The number of likely N-dealkylation sites (N-methyl/N-ethyl adjacent to an activating group) is 1. The Morgan fingerprint density at radius 1 is 1.29 bits per heavy atom. The lowest BCUT2D eigenvalue weighted by Crippen LogP contribution is -2.44. The van der Waals surface area contributed by atoms with Crippen LogP contribution < -0.4 is 10.6 Å². The highest BCUT2D eigenvalue weighted by Gasteiger charge is 2.20. The van der Waals surface area contributed by atoms with Gasteiger partial charge in [0, 0.05) is 19.1 Å². The van der Waals surface area contributed by atoms with Crippen LogP contribution in [0.25, 0.3) is 0 Å². The van der Waals surface area contributed by atoms with Gasteiger partial charge in [0.2, 0.25) is 0 Å². The third-order valence-corrected chi connectivity index (χ3v) is 3.78. The molecule has 0 amide bonds. The van der Waals surface area contributed by atoms with Crippen LogP contribution in [0, 0.1) is 0 Å². The fourth-order valence-electron chi connectivity index (χ4n) is 2.55. The van der Waals surface area contributed by atoms with E-state index < -0.39 is 0 Å². The maximum absolute atomic E-state index is 4.65. The molecule has 1 heterocycles. The second-order valence-electron chi connectivity index (χ2n) is 5.34. The van der Waals surface area contributed by atoms with Crippen LogP contribution in [0.2, 0.25) is 0 Å². The molecule has 0 aliphatic carbocycles. The normalized spacial score (nSPS) is 19.1. The van der Waals surface area contributed by atoms with E-state index >= 15 is 0 Å². The number of aliphatic imine (C=N–C) groups is 1. The van der Waals surface area contributed by atoms with Crippen LogP contribution in [-0.2, 0) is 6.54 Å². The summed E-state index contributed by atoms with van der Waals surface area (Å²) in [6.45, 7) is 5.89. The minimum Gasteiger partial charge on any atom is -0.357 e. The SMILES string of the molecule is CCNC(=NCc1ccccc1)NCC1CCCN1C.I. The molecule has 1 saturated heterocycles. The summed E-state index contributed by atoms with van der Waals surface area (Å²) in [5, 5.41) is 6.77. The first-order valence-corrected chi connectivity index (χ1v) is 7.56. The minimum absolute atomic E-state index is 0. The van der Waals surface area contributed by atoms with E-state index in [0.29, 0.717) is 6.04 Å². The van der Waals surface area contributed by atoms with Gasteiger partial charge in [-0.3, -0.25) is 0 Å². The lowest BCUT2D eigenvalue weighted by molar-refractivity contribution is 0.309. The van der Waals surface area contributed by atoms with Gasteiger partial charge in [-0.05, 0) is 38.9 Å². The first-order chi connectivity index (χ1) is 9.79. The predicted octanol–water partition coefficient (Wildman–Crippen LogP) is 2.45. The van der Waals surface area contributed by atoms with E-state index in [1.807, 2.05) is 6.07 Å². The van der Waals surface area contributed by atoms with Gasteiger partial charge in [-0.25, -0.2) is 4.99 Å². The Hall–Kier alpha value is -0.820. The molecule has 0 spiro atoms. The molecule has 21 heavy (non-hydrogen) atoms. The van der Waals surface area contributed by atoms with Crippen LogP contribution in [-0.4, -0.2) is 43.6 Å². The molecular weight excluding hydrogens is 375 g/mol. The van der Waals surface area contributed by atoms with Crippen molar-refractivity contribution in [2.24, 2.45) is 4.99 Å². The first-order valence-electron chi connectivity index (χ1n) is 7.56. The van der Waals surface area contributed by atoms with E-state index in [1.54, 1.807) is 0 Å². The number of hydrogen-bond donors (Lipinski definition) is 2. The Kier molecular flexibility index (Phi) is 8.68. The van der Waals surface area contributed by atoms with Crippen molar-refractivity contribution in [2.75, 3.05) is 26.7 Å². The van der Waals surface area contributed by atoms with Crippen molar-refractivity contribution >= 4 is 29.9 Å². The fraction of sp³-hybridized carbons (Fsp3) is 0.562. The summed E-state index contributed by atoms with van der Waals surface area (Å²) in [5.74, 6) is 0.914. The fourth-order valence-corrected chi connectivity index (χ4v) is 2.55. The summed E-state index contributed by atoms with van der Waals surface area (Å²) < 4.78 is 0. The monoisotopic (exact) mass is 402 g/mol. The molecule has 1 fully saturated rings. The molecule has 2 rings (SSSR count). The lowest BCUT2D eigenvalue weighted by atomic mass is 10.2. The smallest absolute Gasteiger partial charge is 0.191 e. The highest BCUT2D eigenvalue weighted by Crippen LogP contribution is 2.13. The Labute approximate surface area is 145 Å². The third-order valence-electron chi connectivity index (χ3n) is 3.78. The van der Waals surface area contributed by atoms with Crippen molar-refractivity contribution in [3.05, 3.63) is 35.9 Å². The summed E-state index contributed by atoms with van der Waals surface area (Å²) in [4.78, 5) is 7.07. The molecule has 4 nitrogen and oxygen atoms in total. The number of nitrogens with zero attached hydrogens (tertiary/aromatic N) is 2. The number of halogens is 1. The van der Waals surface area contributed by atoms with E-state index in [9.17, 15) is 0 Å². The predicted molar refractivity (Wildman–Crippen MR) is 100 cm³/mol. The summed E-state index contributed by atoms with van der Waals surface area (Å²) in [7, 11) is 2.20. The summed E-state index contributed by atoms with van der Waals surface area (Å²) in [6, 6.07) is 11.0. The Morgan fingerprint density at radius 2 is 2.05 bits per heavy atom. The molecule has 1 unspecified atom stereocenters. The van der Waals surface area contributed by atoms with E-state index in [0.717, 1.165) is 25.6 Å². The van der Waals surface area contributed by atoms with E-state index in [-0.39, 0.29) is 24.0 Å². The number of likely N-dealkylation sites (tertiary alicyclic amines) is 1. The summed E-state index contributed by atoms with van der Waals surface area (Å²) in [5.41, 5.74) is 1.24. The zero-order chi connectivity index (χ0) is 14.2. The second-order valence-corrected chi connectivity index (χ2v) is 5.34. The zero-order valence-electron chi connectivity index (χ0n) is 13.0. The zero-order valence-corrected chi connectivity index (χ0v) is 15.3. The summed E-state index contributed by atoms with van der Waals surface area (Å²) >= 11 is 0. The maximum atomic E-state index is 4.65. The van der Waals surface area contributed by atoms with Gasteiger partial charge in [0.1, 0.15) is 0 Å². The first kappa shape index (κ1) is 18.2. The number of rotatable bonds is 5. The minimum atomic E-state index is 0. The molecule has 1 aromatic rings. The van der Waals surface area contributed by atoms with E-state index in [1.165, 1.54) is 24.9 Å². The molecule has 2 N–H and O–H groups in total. The van der Waals surface area contributed by atoms with Crippen LogP contribution in [0.15, 0.2) is 35.3 Å². The van der Waals surface area contributed by atoms with Crippen LogP contribution in [0.4, 0.5) is 0 Å². The molecule has 1 atom stereocenters. The van der Waals surface area contributed by atoms with Gasteiger partial charge in [0.25, 0.3) is 0 Å². The Morgan fingerprint density at radius 3 is 2.67 bits per heavy atom. The molecule has 118 valence electrons. The van der Waals surface area contributed by atoms with Gasteiger partial charge < -0.3 is 15.5 Å². The van der Waals surface area contributed by atoms with Gasteiger partial charge in [-0.15, -0.1) is 24.0 Å². The highest BCUT2D eigenvalue weighted by molar-refractivity contribution is 14.0. The molecule has 0 radical (unpaired) electrons. The molecule has 0 saturated carbocycles. The van der Waals surface area contributed by atoms with E-state index in [2.05, 4.69) is 58.8 Å². The molecular formula is C16H27IN4. The average molecular weight is 402 g/mol. The van der Waals surface area contributed by atoms with Crippen LogP contribution >= 0.6 is 24.0 Å².